The summed E-state index contributed by atoms with van der Waals surface area (Å²) in [4.78, 5) is 10.6. The molecule has 6 heteroatoms. The van der Waals surface area contributed by atoms with Crippen molar-refractivity contribution in [3.8, 4) is 22.8 Å². The molecule has 6 nitrogen and oxygen atoms in total. The molecule has 1 aliphatic carbocycles. The lowest BCUT2D eigenvalue weighted by atomic mass is 9.79. The lowest BCUT2D eigenvalue weighted by Gasteiger charge is -2.46. The molecule has 0 amide bonds. The van der Waals surface area contributed by atoms with Gasteiger partial charge >= 0.3 is 0 Å². The first kappa shape index (κ1) is 23.4. The molecule has 6 rings (SSSR count). The van der Waals surface area contributed by atoms with E-state index in [-0.39, 0.29) is 0 Å². The Labute approximate surface area is 210 Å². The minimum atomic E-state index is 0.759. The number of aromatic nitrogens is 2. The van der Waals surface area contributed by atoms with Crippen molar-refractivity contribution in [3.05, 3.63) is 30.2 Å². The number of nitrogens with zero attached hydrogens (tertiary/aromatic N) is 4. The van der Waals surface area contributed by atoms with Crippen LogP contribution in [0.15, 0.2) is 24.4 Å². The predicted octanol–water partition coefficient (Wildman–Crippen LogP) is 4.86. The fourth-order valence-corrected chi connectivity index (χ4v) is 7.11. The summed E-state index contributed by atoms with van der Waals surface area (Å²) in [6.07, 6.45) is 14.5. The summed E-state index contributed by atoms with van der Waals surface area (Å²) in [5, 5.41) is 0. The highest BCUT2D eigenvalue weighted by Crippen LogP contribution is 2.37. The quantitative estimate of drug-likeness (QED) is 0.593. The Kier molecular flexibility index (Phi) is 6.76. The molecule has 0 bridgehead atoms. The number of ether oxygens (including phenoxy) is 2. The van der Waals surface area contributed by atoms with Crippen molar-refractivity contribution in [2.45, 2.75) is 76.4 Å². The fourth-order valence-electron chi connectivity index (χ4n) is 7.11. The van der Waals surface area contributed by atoms with Gasteiger partial charge in [-0.3, -0.25) is 0 Å². The van der Waals surface area contributed by atoms with E-state index in [4.69, 9.17) is 14.5 Å². The number of imidazole rings is 1. The molecule has 1 aromatic heterocycles. The molecule has 0 spiro atoms. The molecule has 3 fully saturated rings. The van der Waals surface area contributed by atoms with E-state index in [2.05, 4.69) is 26.6 Å². The zero-order valence-electron chi connectivity index (χ0n) is 21.6. The third-order valence-corrected chi connectivity index (χ3v) is 9.56. The number of likely N-dealkylation sites (tertiary alicyclic amines) is 2. The van der Waals surface area contributed by atoms with Gasteiger partial charge in [0.05, 0.1) is 19.9 Å². The number of aryl methyl sites for hydroxylation is 1. The van der Waals surface area contributed by atoms with Gasteiger partial charge in [-0.2, -0.15) is 0 Å². The standard InChI is InChI=1S/C29H42N4O2/c1-34-27-8-6-22(18-28(27)35-2)26-20-33-19-23(7-9-29(33)30-26)21-10-14-31(15-11-21)25-12-16-32(17-13-25)24-4-3-5-24/h6,8,18,20-21,23-25H,3-5,7,9-17,19H2,1-2H3. The van der Waals surface area contributed by atoms with Crippen molar-refractivity contribution in [2.24, 2.45) is 11.8 Å². The van der Waals surface area contributed by atoms with Gasteiger partial charge in [0.15, 0.2) is 11.5 Å². The Morgan fingerprint density at radius 2 is 1.46 bits per heavy atom. The monoisotopic (exact) mass is 478 g/mol. The molecular formula is C29H42N4O2. The minimum Gasteiger partial charge on any atom is -0.493 e. The van der Waals surface area contributed by atoms with Gasteiger partial charge < -0.3 is 23.8 Å². The number of hydrogen-bond donors (Lipinski definition) is 0. The number of rotatable bonds is 6. The van der Waals surface area contributed by atoms with E-state index >= 15 is 0 Å². The first-order chi connectivity index (χ1) is 17.2. The molecule has 1 unspecified atom stereocenters. The molecular weight excluding hydrogens is 436 g/mol. The second-order valence-electron chi connectivity index (χ2n) is 11.3. The average molecular weight is 479 g/mol. The van der Waals surface area contributed by atoms with Crippen LogP contribution in [0.1, 0.15) is 57.2 Å². The lowest BCUT2D eigenvalue weighted by molar-refractivity contribution is 0.0336. The van der Waals surface area contributed by atoms with Gasteiger partial charge in [-0.1, -0.05) is 6.42 Å². The first-order valence-electron chi connectivity index (χ1n) is 14.0. The predicted molar refractivity (Wildman–Crippen MR) is 139 cm³/mol. The Bertz CT molecular complexity index is 1000. The maximum atomic E-state index is 5.51. The van der Waals surface area contributed by atoms with Gasteiger partial charge in [-0.05, 0) is 101 Å². The van der Waals surface area contributed by atoms with E-state index in [0.29, 0.717) is 0 Å². The molecule has 1 atom stereocenters. The van der Waals surface area contributed by atoms with E-state index in [1.807, 2.05) is 12.1 Å². The van der Waals surface area contributed by atoms with Crippen LogP contribution in [-0.4, -0.2) is 71.8 Å². The molecule has 3 aliphatic heterocycles. The highest BCUT2D eigenvalue weighted by Gasteiger charge is 2.35. The van der Waals surface area contributed by atoms with Crippen LogP contribution in [0, 0.1) is 11.8 Å². The second-order valence-corrected chi connectivity index (χ2v) is 11.3. The third-order valence-electron chi connectivity index (χ3n) is 9.56. The normalized spacial score (nSPS) is 25.3. The molecule has 2 aromatic rings. The summed E-state index contributed by atoms with van der Waals surface area (Å²) in [6, 6.07) is 7.85. The lowest BCUT2D eigenvalue weighted by Crippen LogP contribution is -2.51. The fraction of sp³-hybridized carbons (Fsp3) is 0.690. The minimum absolute atomic E-state index is 0.759. The first-order valence-corrected chi connectivity index (χ1v) is 14.0. The van der Waals surface area contributed by atoms with Gasteiger partial charge in [0.1, 0.15) is 5.82 Å². The summed E-state index contributed by atoms with van der Waals surface area (Å²) in [5.41, 5.74) is 2.14. The molecule has 1 saturated carbocycles. The van der Waals surface area contributed by atoms with Crippen LogP contribution in [0.3, 0.4) is 0 Å². The molecule has 190 valence electrons. The van der Waals surface area contributed by atoms with Gasteiger partial charge in [0.25, 0.3) is 0 Å². The third kappa shape index (κ3) is 4.72. The van der Waals surface area contributed by atoms with Crippen LogP contribution in [0.25, 0.3) is 11.3 Å². The number of fused-ring (bicyclic) bond motifs is 1. The molecule has 4 heterocycles. The van der Waals surface area contributed by atoms with Crippen molar-refractivity contribution < 1.29 is 9.47 Å². The molecule has 4 aliphatic rings. The summed E-state index contributed by atoms with van der Waals surface area (Å²) >= 11 is 0. The van der Waals surface area contributed by atoms with E-state index in [1.54, 1.807) is 14.2 Å². The summed E-state index contributed by atoms with van der Waals surface area (Å²) < 4.78 is 13.3. The van der Waals surface area contributed by atoms with Crippen molar-refractivity contribution in [1.29, 1.82) is 0 Å². The van der Waals surface area contributed by atoms with Crippen molar-refractivity contribution in [2.75, 3.05) is 40.4 Å². The average Bonchev–Trinajstić information content (AvgIpc) is 3.31. The van der Waals surface area contributed by atoms with Gasteiger partial charge in [-0.15, -0.1) is 0 Å². The maximum Gasteiger partial charge on any atom is 0.161 e. The Morgan fingerprint density at radius 3 is 2.11 bits per heavy atom. The highest BCUT2D eigenvalue weighted by molar-refractivity contribution is 5.63. The van der Waals surface area contributed by atoms with Crippen LogP contribution in [0.5, 0.6) is 11.5 Å². The number of piperidine rings is 2. The van der Waals surface area contributed by atoms with Crippen LogP contribution in [0.2, 0.25) is 0 Å². The van der Waals surface area contributed by atoms with E-state index in [9.17, 15) is 0 Å². The largest absolute Gasteiger partial charge is 0.493 e. The number of hydrogen-bond acceptors (Lipinski definition) is 5. The van der Waals surface area contributed by atoms with E-state index < -0.39 is 0 Å². The topological polar surface area (TPSA) is 42.8 Å². The van der Waals surface area contributed by atoms with Crippen molar-refractivity contribution in [1.82, 2.24) is 19.4 Å². The SMILES string of the molecule is COc1ccc(-c2cn3c(n2)CCC(C2CCN(C4CCN(C5CCC5)CC4)CC2)C3)cc1OC. The summed E-state index contributed by atoms with van der Waals surface area (Å²) in [7, 11) is 3.37. The van der Waals surface area contributed by atoms with Crippen molar-refractivity contribution >= 4 is 0 Å². The molecule has 2 saturated heterocycles. The van der Waals surface area contributed by atoms with E-state index in [0.717, 1.165) is 59.6 Å². The summed E-state index contributed by atoms with van der Waals surface area (Å²) in [6.45, 7) is 6.42. The van der Waals surface area contributed by atoms with Gasteiger partial charge in [0, 0.05) is 36.8 Å². The highest BCUT2D eigenvalue weighted by atomic mass is 16.5. The Balaban J connectivity index is 1.03. The van der Waals surface area contributed by atoms with Crippen LogP contribution < -0.4 is 9.47 Å². The molecule has 35 heavy (non-hydrogen) atoms. The smallest absolute Gasteiger partial charge is 0.161 e. The van der Waals surface area contributed by atoms with Crippen LogP contribution in [-0.2, 0) is 13.0 Å². The summed E-state index contributed by atoms with van der Waals surface area (Å²) in [5.74, 6) is 4.41. The number of benzene rings is 1. The number of methoxy groups -OCH3 is 2. The molecule has 1 aromatic carbocycles. The van der Waals surface area contributed by atoms with Gasteiger partial charge in [-0.25, -0.2) is 4.98 Å². The molecule has 0 N–H and O–H groups in total. The van der Waals surface area contributed by atoms with E-state index in [1.165, 1.54) is 83.4 Å². The second kappa shape index (κ2) is 10.1. The molecule has 0 radical (unpaired) electrons. The zero-order chi connectivity index (χ0) is 23.8. The van der Waals surface area contributed by atoms with Crippen molar-refractivity contribution in [3.63, 3.8) is 0 Å². The zero-order valence-corrected chi connectivity index (χ0v) is 21.6. The van der Waals surface area contributed by atoms with Gasteiger partial charge in [0.2, 0.25) is 0 Å². The Hall–Kier alpha value is -2.05. The van der Waals surface area contributed by atoms with Crippen LogP contribution >= 0.6 is 0 Å². The maximum absolute atomic E-state index is 5.51. The Morgan fingerprint density at radius 1 is 0.771 bits per heavy atom. The van der Waals surface area contributed by atoms with Crippen LogP contribution in [0.4, 0.5) is 0 Å².